The van der Waals surface area contributed by atoms with Crippen LogP contribution in [0, 0.1) is 0 Å². The second kappa shape index (κ2) is 12.0. The van der Waals surface area contributed by atoms with Crippen molar-refractivity contribution in [2.45, 2.75) is 64.1 Å². The number of nitrogens with zero attached hydrogens (tertiary/aromatic N) is 3. The van der Waals surface area contributed by atoms with Crippen molar-refractivity contribution in [3.05, 3.63) is 42.0 Å². The summed E-state index contributed by atoms with van der Waals surface area (Å²) in [6, 6.07) is 10.1. The molecule has 0 aliphatic heterocycles. The molecule has 0 amide bonds. The molecule has 0 saturated carbocycles. The third-order valence-corrected chi connectivity index (χ3v) is 7.20. The van der Waals surface area contributed by atoms with E-state index < -0.39 is 12.3 Å². The number of nitrogens with one attached hydrogen (secondary N) is 1. The van der Waals surface area contributed by atoms with Gasteiger partial charge < -0.3 is 15.2 Å². The van der Waals surface area contributed by atoms with Crippen molar-refractivity contribution in [2.75, 3.05) is 5.32 Å². The average Bonchev–Trinajstić information content (AvgIpc) is 3.36. The van der Waals surface area contributed by atoms with E-state index in [0.717, 1.165) is 62.4 Å². The van der Waals surface area contributed by atoms with Crippen LogP contribution in [0.4, 0.5) is 24.3 Å². The fraction of sp³-hybridized carbons (Fsp3) is 0.400. The van der Waals surface area contributed by atoms with E-state index in [1.165, 1.54) is 35.1 Å². The van der Waals surface area contributed by atoms with Crippen LogP contribution in [-0.2, 0) is 11.2 Å². The number of benzene rings is 2. The first-order valence-corrected chi connectivity index (χ1v) is 13.3. The summed E-state index contributed by atoms with van der Waals surface area (Å²) in [4.78, 5) is 19.6. The number of fused-ring (bicyclic) bond motifs is 2. The number of aryl methyl sites for hydroxylation is 1. The van der Waals surface area contributed by atoms with E-state index in [0.29, 0.717) is 21.3 Å². The Balaban J connectivity index is 1.32. The van der Waals surface area contributed by atoms with E-state index in [-0.39, 0.29) is 12.2 Å². The molecule has 37 heavy (non-hydrogen) atoms. The molecule has 0 spiro atoms. The number of thiol groups is 1. The summed E-state index contributed by atoms with van der Waals surface area (Å²) >= 11 is 5.73. The maximum atomic E-state index is 12.5. The number of aromatic nitrogens is 3. The number of anilines is 2. The largest absolute Gasteiger partial charge is 0.573 e. The van der Waals surface area contributed by atoms with Gasteiger partial charge in [-0.2, -0.15) is 0 Å². The Labute approximate surface area is 221 Å². The summed E-state index contributed by atoms with van der Waals surface area (Å²) in [5.74, 6) is -0.555. The van der Waals surface area contributed by atoms with Crippen molar-refractivity contribution in [3.63, 3.8) is 0 Å². The molecule has 2 aromatic heterocycles. The number of hydrogen-bond donors (Lipinski definition) is 3. The SMILES string of the molecule is O=C(O)CCCCCCCCCc1ccc2c(c1)nc(Nc1nc3ccc(OC(F)(F)F)cc3s1)n2S. The van der Waals surface area contributed by atoms with Crippen molar-refractivity contribution < 1.29 is 27.8 Å². The average molecular weight is 553 g/mol. The summed E-state index contributed by atoms with van der Waals surface area (Å²) in [6.45, 7) is 0. The Morgan fingerprint density at radius 2 is 1.73 bits per heavy atom. The van der Waals surface area contributed by atoms with Crippen molar-refractivity contribution in [2.24, 2.45) is 0 Å². The van der Waals surface area contributed by atoms with Gasteiger partial charge in [0.05, 0.1) is 21.3 Å². The number of halogens is 3. The lowest BCUT2D eigenvalue weighted by atomic mass is 10.0. The molecule has 12 heteroatoms. The Morgan fingerprint density at radius 1 is 1.00 bits per heavy atom. The lowest BCUT2D eigenvalue weighted by Gasteiger charge is -2.07. The first-order chi connectivity index (χ1) is 17.7. The minimum Gasteiger partial charge on any atom is -0.481 e. The van der Waals surface area contributed by atoms with Crippen LogP contribution in [0.3, 0.4) is 0 Å². The molecule has 0 aliphatic rings. The maximum absolute atomic E-state index is 12.5. The van der Waals surface area contributed by atoms with Crippen LogP contribution in [0.5, 0.6) is 5.75 Å². The van der Waals surface area contributed by atoms with Gasteiger partial charge in [0.25, 0.3) is 0 Å². The topological polar surface area (TPSA) is 89.3 Å². The number of ether oxygens (including phenoxy) is 1. The van der Waals surface area contributed by atoms with Gasteiger partial charge in [-0.1, -0.05) is 62.3 Å². The molecule has 2 N–H and O–H groups in total. The Hall–Kier alpha value is -2.99. The molecule has 198 valence electrons. The molecule has 0 unspecified atom stereocenters. The summed E-state index contributed by atoms with van der Waals surface area (Å²) < 4.78 is 43.7. The third kappa shape index (κ3) is 7.75. The summed E-state index contributed by atoms with van der Waals surface area (Å²) in [5, 5.41) is 12.3. The molecule has 2 aromatic carbocycles. The van der Waals surface area contributed by atoms with Crippen LogP contribution in [0.15, 0.2) is 36.4 Å². The number of rotatable bonds is 13. The zero-order chi connectivity index (χ0) is 26.4. The molecule has 4 aromatic rings. The van der Waals surface area contributed by atoms with Crippen LogP contribution in [0.25, 0.3) is 21.3 Å². The van der Waals surface area contributed by atoms with Crippen molar-refractivity contribution in [1.82, 2.24) is 13.9 Å². The molecule has 7 nitrogen and oxygen atoms in total. The number of carboxylic acids is 1. The van der Waals surface area contributed by atoms with E-state index in [4.69, 9.17) is 5.11 Å². The van der Waals surface area contributed by atoms with Crippen LogP contribution in [0.1, 0.15) is 56.9 Å². The first kappa shape index (κ1) is 27.1. The minimum absolute atomic E-state index is 0.254. The van der Waals surface area contributed by atoms with Crippen molar-refractivity contribution in [3.8, 4) is 5.75 Å². The van der Waals surface area contributed by atoms with Crippen LogP contribution in [0.2, 0.25) is 0 Å². The van der Waals surface area contributed by atoms with Gasteiger partial charge in [-0.3, -0.25) is 8.77 Å². The van der Waals surface area contributed by atoms with Gasteiger partial charge in [0.2, 0.25) is 5.95 Å². The fourth-order valence-corrected chi connectivity index (χ4v) is 5.24. The highest BCUT2D eigenvalue weighted by atomic mass is 32.1. The highest BCUT2D eigenvalue weighted by Crippen LogP contribution is 2.33. The lowest BCUT2D eigenvalue weighted by molar-refractivity contribution is -0.274. The van der Waals surface area contributed by atoms with Gasteiger partial charge >= 0.3 is 12.3 Å². The van der Waals surface area contributed by atoms with Gasteiger partial charge in [-0.15, -0.1) is 13.2 Å². The summed E-state index contributed by atoms with van der Waals surface area (Å²) in [5.41, 5.74) is 3.35. The number of hydrogen-bond acceptors (Lipinski definition) is 7. The highest BCUT2D eigenvalue weighted by molar-refractivity contribution is 7.79. The Morgan fingerprint density at radius 3 is 2.46 bits per heavy atom. The van der Waals surface area contributed by atoms with E-state index in [9.17, 15) is 18.0 Å². The number of alkyl halides is 3. The van der Waals surface area contributed by atoms with E-state index >= 15 is 0 Å². The number of thiazole rings is 1. The molecular formula is C25H27F3N4O3S2. The standard InChI is InChI=1S/C25H27F3N4O3S2/c26-25(27,28)35-17-11-12-18-21(15-17)37-24(30-18)31-23-29-19-14-16(10-13-20(19)32(23)36)8-6-4-2-1-3-5-7-9-22(33)34/h10-15,36H,1-9H2,(H,33,34)(H,29,30,31). The number of imidazole rings is 1. The van der Waals surface area contributed by atoms with Gasteiger partial charge in [-0.05, 0) is 49.1 Å². The fourth-order valence-electron chi connectivity index (χ4n) is 4.09. The molecule has 4 rings (SSSR count). The second-order valence-electron chi connectivity index (χ2n) is 8.76. The maximum Gasteiger partial charge on any atom is 0.573 e. The van der Waals surface area contributed by atoms with Crippen LogP contribution < -0.4 is 10.1 Å². The van der Waals surface area contributed by atoms with Crippen LogP contribution in [-0.4, -0.2) is 31.4 Å². The molecule has 2 heterocycles. The predicted molar refractivity (Wildman–Crippen MR) is 142 cm³/mol. The molecule has 0 bridgehead atoms. The van der Waals surface area contributed by atoms with Crippen molar-refractivity contribution >= 4 is 62.5 Å². The quantitative estimate of drug-likeness (QED) is 0.116. The Bertz CT molecular complexity index is 1370. The van der Waals surface area contributed by atoms with Gasteiger partial charge in [-0.25, -0.2) is 9.97 Å². The third-order valence-electron chi connectivity index (χ3n) is 5.86. The smallest absolute Gasteiger partial charge is 0.481 e. The Kier molecular flexibility index (Phi) is 8.80. The molecule has 0 fully saturated rings. The highest BCUT2D eigenvalue weighted by Gasteiger charge is 2.31. The van der Waals surface area contributed by atoms with Crippen LogP contribution >= 0.6 is 24.2 Å². The first-order valence-electron chi connectivity index (χ1n) is 12.0. The van der Waals surface area contributed by atoms with E-state index in [2.05, 4.69) is 38.9 Å². The van der Waals surface area contributed by atoms with Crippen molar-refractivity contribution in [1.29, 1.82) is 0 Å². The summed E-state index contributed by atoms with van der Waals surface area (Å²) in [6.07, 6.45) is 3.70. The number of carbonyl (C=O) groups is 1. The zero-order valence-electron chi connectivity index (χ0n) is 19.9. The summed E-state index contributed by atoms with van der Waals surface area (Å²) in [7, 11) is 0. The second-order valence-corrected chi connectivity index (χ2v) is 10.2. The lowest BCUT2D eigenvalue weighted by Crippen LogP contribution is -2.16. The molecule has 0 aliphatic carbocycles. The molecule has 0 saturated heterocycles. The molecular weight excluding hydrogens is 525 g/mol. The minimum atomic E-state index is -4.75. The molecule has 0 radical (unpaired) electrons. The van der Waals surface area contributed by atoms with E-state index in [1.54, 1.807) is 3.97 Å². The normalized spacial score (nSPS) is 11.9. The monoisotopic (exact) mass is 552 g/mol. The predicted octanol–water partition coefficient (Wildman–Crippen LogP) is 7.73. The number of aliphatic carboxylic acids is 1. The molecule has 0 atom stereocenters. The zero-order valence-corrected chi connectivity index (χ0v) is 21.6. The van der Waals surface area contributed by atoms with Gasteiger partial charge in [0.1, 0.15) is 5.75 Å². The van der Waals surface area contributed by atoms with Gasteiger partial charge in [0, 0.05) is 12.5 Å². The number of unbranched alkanes of at least 4 members (excludes halogenated alkanes) is 6. The number of carboxylic acid groups (broad SMARTS) is 1. The van der Waals surface area contributed by atoms with Gasteiger partial charge in [0.15, 0.2) is 5.13 Å². The van der Waals surface area contributed by atoms with E-state index in [1.807, 2.05) is 12.1 Å².